The van der Waals surface area contributed by atoms with Gasteiger partial charge in [-0.15, -0.1) is 21.9 Å². The number of nitrogens with one attached hydrogen (secondary N) is 1. The van der Waals surface area contributed by atoms with Crippen LogP contribution in [0.5, 0.6) is 5.75 Å². The van der Waals surface area contributed by atoms with E-state index in [1.165, 1.54) is 16.7 Å². The second-order valence-corrected chi connectivity index (χ2v) is 8.47. The predicted molar refractivity (Wildman–Crippen MR) is 90.2 cm³/mol. The zero-order valence-corrected chi connectivity index (χ0v) is 13.7. The molecular weight excluding hydrogens is 374 g/mol. The van der Waals surface area contributed by atoms with Crippen molar-refractivity contribution in [3.05, 3.63) is 39.2 Å². The summed E-state index contributed by atoms with van der Waals surface area (Å²) in [6, 6.07) is 5.31. The molecule has 1 aromatic heterocycles. The maximum atomic E-state index is 10.3. The van der Waals surface area contributed by atoms with E-state index in [-0.39, 0.29) is 5.75 Å². The molecule has 7 heteroatoms. The Morgan fingerprint density at radius 1 is 1.19 bits per heavy atom. The molecule has 1 aliphatic carbocycles. The highest BCUT2D eigenvalue weighted by atomic mass is 79.9. The number of hydrogen-bond donors (Lipinski definition) is 4. The Balaban J connectivity index is 2.16. The van der Waals surface area contributed by atoms with Crippen molar-refractivity contribution in [2.75, 3.05) is 0 Å². The lowest BCUT2D eigenvalue weighted by molar-refractivity contribution is 0.479. The third kappa shape index (κ3) is 1.89. The van der Waals surface area contributed by atoms with Gasteiger partial charge in [0, 0.05) is 25.7 Å². The maximum Gasteiger partial charge on any atom is 0.125 e. The summed E-state index contributed by atoms with van der Waals surface area (Å²) in [4.78, 5) is 4.47. The fourth-order valence-corrected chi connectivity index (χ4v) is 5.59. The first kappa shape index (κ1) is 13.4. The molecule has 0 unspecified atom stereocenters. The smallest absolute Gasteiger partial charge is 0.125 e. The van der Waals surface area contributed by atoms with Crippen LogP contribution in [0.15, 0.2) is 38.4 Å². The molecule has 0 amide bonds. The number of pyridine rings is 1. The van der Waals surface area contributed by atoms with Gasteiger partial charge in [0.1, 0.15) is 5.75 Å². The number of thiophene rings is 1. The highest BCUT2D eigenvalue weighted by molar-refractivity contribution is 9.10. The highest BCUT2D eigenvalue weighted by Crippen LogP contribution is 2.62. The minimum atomic E-state index is -2.99. The molecule has 4 N–H and O–H groups in total. The molecule has 0 spiro atoms. The van der Waals surface area contributed by atoms with Crippen LogP contribution in [-0.2, 0) is 0 Å². The summed E-state index contributed by atoms with van der Waals surface area (Å²) in [6.45, 7) is 0. The van der Waals surface area contributed by atoms with E-state index in [4.69, 9.17) is 0 Å². The van der Waals surface area contributed by atoms with Crippen molar-refractivity contribution in [1.82, 2.24) is 4.98 Å². The molecule has 21 heavy (non-hydrogen) atoms. The maximum absolute atomic E-state index is 10.3. The van der Waals surface area contributed by atoms with Crippen LogP contribution in [0.2, 0.25) is 0 Å². The van der Waals surface area contributed by atoms with E-state index in [9.17, 15) is 14.2 Å². The molecule has 4 rings (SSSR count). The molecule has 0 fully saturated rings. The van der Waals surface area contributed by atoms with E-state index >= 15 is 0 Å². The van der Waals surface area contributed by atoms with Crippen LogP contribution in [0.3, 0.4) is 0 Å². The van der Waals surface area contributed by atoms with Gasteiger partial charge in [-0.05, 0) is 40.2 Å². The van der Waals surface area contributed by atoms with Crippen LogP contribution in [0.25, 0.3) is 27.8 Å². The van der Waals surface area contributed by atoms with Crippen molar-refractivity contribution in [3.8, 4) is 27.4 Å². The Bertz CT molecular complexity index is 865. The molecular formula is C14H10BrNO3S2. The molecule has 2 aliphatic heterocycles. The number of aromatic nitrogens is 1. The van der Waals surface area contributed by atoms with Gasteiger partial charge in [0.15, 0.2) is 0 Å². The fourth-order valence-electron chi connectivity index (χ4n) is 2.62. The van der Waals surface area contributed by atoms with Crippen LogP contribution >= 0.6 is 37.9 Å². The van der Waals surface area contributed by atoms with E-state index in [0.29, 0.717) is 21.7 Å². The molecule has 1 aromatic rings. The van der Waals surface area contributed by atoms with Gasteiger partial charge in [-0.3, -0.25) is 9.11 Å². The summed E-state index contributed by atoms with van der Waals surface area (Å²) in [5, 5.41) is 13.5. The van der Waals surface area contributed by atoms with Gasteiger partial charge in [-0.2, -0.15) is 0 Å². The molecule has 0 atom stereocenters. The highest BCUT2D eigenvalue weighted by Gasteiger charge is 2.32. The van der Waals surface area contributed by atoms with Crippen molar-refractivity contribution in [3.63, 3.8) is 0 Å². The van der Waals surface area contributed by atoms with Crippen LogP contribution < -0.4 is 0 Å². The molecule has 0 saturated heterocycles. The summed E-state index contributed by atoms with van der Waals surface area (Å²) in [5.74, 6) is 0.130. The molecule has 0 bridgehead atoms. The summed E-state index contributed by atoms with van der Waals surface area (Å²) in [5.41, 5.74) is 2.74. The number of H-pyrrole nitrogens is 1. The Labute approximate surface area is 134 Å². The van der Waals surface area contributed by atoms with Crippen LogP contribution in [-0.4, -0.2) is 19.2 Å². The average molecular weight is 384 g/mol. The first-order valence-electron chi connectivity index (χ1n) is 6.06. The van der Waals surface area contributed by atoms with Crippen LogP contribution in [0, 0.1) is 0 Å². The van der Waals surface area contributed by atoms with Gasteiger partial charge in [-0.25, -0.2) is 0 Å². The fraction of sp³-hybridized carbons (Fsp3) is 0. The van der Waals surface area contributed by atoms with Crippen molar-refractivity contribution >= 4 is 43.9 Å². The van der Waals surface area contributed by atoms with Crippen molar-refractivity contribution in [1.29, 1.82) is 0 Å². The van der Waals surface area contributed by atoms with Gasteiger partial charge >= 0.3 is 0 Å². The third-order valence-corrected chi connectivity index (χ3v) is 6.71. The number of rotatable bonds is 1. The second-order valence-electron chi connectivity index (χ2n) is 4.77. The number of hydrogen-bond acceptors (Lipinski definition) is 4. The first-order chi connectivity index (χ1) is 9.97. The van der Waals surface area contributed by atoms with E-state index < -0.39 is 10.6 Å². The zero-order valence-electron chi connectivity index (χ0n) is 10.5. The normalized spacial score (nSPS) is 17.3. The van der Waals surface area contributed by atoms with E-state index in [0.717, 1.165) is 15.0 Å². The topological polar surface area (TPSA) is 76.5 Å². The van der Waals surface area contributed by atoms with Crippen molar-refractivity contribution < 1.29 is 14.2 Å². The SMILES string of the molecule is Oc1ccc2[nH]c3c(c(-c4cc(Br)cs4)c1-2)S(O)(O)C=C3. The van der Waals surface area contributed by atoms with E-state index in [2.05, 4.69) is 20.9 Å². The summed E-state index contributed by atoms with van der Waals surface area (Å²) in [6.07, 6.45) is 1.68. The number of aromatic amines is 1. The standard InChI is InChI=1S/C14H10BrNO3S2/c15-7-5-11(20-6-7)13-12-8(1-2-10(12)17)16-9-3-4-21(18,19)14(9)13/h1-6,16-19H. The predicted octanol–water partition coefficient (Wildman–Crippen LogP) is 5.41. The lowest BCUT2D eigenvalue weighted by atomic mass is 10.0. The molecule has 0 saturated carbocycles. The van der Waals surface area contributed by atoms with Crippen LogP contribution in [0.1, 0.15) is 5.69 Å². The first-order valence-corrected chi connectivity index (χ1v) is 9.34. The van der Waals surface area contributed by atoms with Gasteiger partial charge < -0.3 is 10.1 Å². The Morgan fingerprint density at radius 2 is 2.00 bits per heavy atom. The van der Waals surface area contributed by atoms with Gasteiger partial charge in [-0.1, -0.05) is 0 Å². The molecule has 3 heterocycles. The largest absolute Gasteiger partial charge is 0.507 e. The summed E-state index contributed by atoms with van der Waals surface area (Å²) < 4.78 is 21.6. The monoisotopic (exact) mass is 383 g/mol. The summed E-state index contributed by atoms with van der Waals surface area (Å²) in [7, 11) is -2.99. The van der Waals surface area contributed by atoms with Crippen molar-refractivity contribution in [2.45, 2.75) is 4.90 Å². The van der Waals surface area contributed by atoms with Gasteiger partial charge in [0.25, 0.3) is 0 Å². The third-order valence-electron chi connectivity index (χ3n) is 3.46. The molecule has 108 valence electrons. The number of fused-ring (bicyclic) bond motifs is 2. The number of halogens is 1. The molecule has 0 radical (unpaired) electrons. The molecule has 4 nitrogen and oxygen atoms in total. The Kier molecular flexibility index (Phi) is 2.79. The van der Waals surface area contributed by atoms with Crippen LogP contribution in [0.4, 0.5) is 0 Å². The molecule has 0 aromatic carbocycles. The minimum Gasteiger partial charge on any atom is -0.507 e. The Morgan fingerprint density at radius 3 is 2.71 bits per heavy atom. The number of aromatic hydroxyl groups is 1. The minimum absolute atomic E-state index is 0.130. The Hall–Kier alpha value is -1.25. The quantitative estimate of drug-likeness (QED) is 0.453. The van der Waals surface area contributed by atoms with E-state index in [1.807, 2.05) is 11.4 Å². The van der Waals surface area contributed by atoms with Gasteiger partial charge in [0.2, 0.25) is 0 Å². The summed E-state index contributed by atoms with van der Waals surface area (Å²) >= 11 is 4.91. The zero-order chi connectivity index (χ0) is 14.8. The van der Waals surface area contributed by atoms with Crippen molar-refractivity contribution in [2.24, 2.45) is 0 Å². The van der Waals surface area contributed by atoms with E-state index in [1.54, 1.807) is 18.2 Å². The second kappa shape index (κ2) is 4.37. The molecule has 3 aliphatic rings. The lowest BCUT2D eigenvalue weighted by Crippen LogP contribution is -2.00. The van der Waals surface area contributed by atoms with Gasteiger partial charge in [0.05, 0.1) is 21.8 Å². The average Bonchev–Trinajstić information content (AvgIpc) is 3.09. The lowest BCUT2D eigenvalue weighted by Gasteiger charge is -2.29.